The Bertz CT molecular complexity index is 582. The molecule has 2 aliphatic heterocycles. The molecule has 5 nitrogen and oxygen atoms in total. The molecule has 2 fully saturated rings. The molecule has 1 amide bonds. The van der Waals surface area contributed by atoms with Crippen LogP contribution >= 0.6 is 0 Å². The van der Waals surface area contributed by atoms with Gasteiger partial charge in [-0.05, 0) is 19.3 Å². The van der Waals surface area contributed by atoms with Crippen LogP contribution in [-0.4, -0.2) is 66.2 Å². The number of carbonyl (C=O) groups excluding carboxylic acids is 1. The van der Waals surface area contributed by atoms with Gasteiger partial charge in [-0.15, -0.1) is 0 Å². The Labute approximate surface area is 139 Å². The SMILES string of the molecule is O=C(c1c(O)cc(F)cc1F)N1CCCC[C@H]1CN1CCOCC1. The van der Waals surface area contributed by atoms with Gasteiger partial charge < -0.3 is 14.7 Å². The Morgan fingerprint density at radius 2 is 1.96 bits per heavy atom. The summed E-state index contributed by atoms with van der Waals surface area (Å²) in [5.41, 5.74) is -0.440. The van der Waals surface area contributed by atoms with Crippen molar-refractivity contribution in [3.8, 4) is 5.75 Å². The van der Waals surface area contributed by atoms with Crippen molar-refractivity contribution in [2.45, 2.75) is 25.3 Å². The quantitative estimate of drug-likeness (QED) is 0.914. The maximum atomic E-state index is 14.0. The first-order valence-corrected chi connectivity index (χ1v) is 8.35. The molecule has 0 saturated carbocycles. The molecule has 2 heterocycles. The summed E-state index contributed by atoms with van der Waals surface area (Å²) in [4.78, 5) is 16.6. The number of morpholine rings is 1. The van der Waals surface area contributed by atoms with Crippen LogP contribution in [0.25, 0.3) is 0 Å². The highest BCUT2D eigenvalue weighted by atomic mass is 19.1. The lowest BCUT2D eigenvalue weighted by molar-refractivity contribution is 0.0164. The fourth-order valence-electron chi connectivity index (χ4n) is 3.45. The van der Waals surface area contributed by atoms with Crippen molar-refractivity contribution in [1.29, 1.82) is 0 Å². The minimum Gasteiger partial charge on any atom is -0.507 e. The van der Waals surface area contributed by atoms with Crippen molar-refractivity contribution in [3.05, 3.63) is 29.3 Å². The smallest absolute Gasteiger partial charge is 0.260 e. The molecule has 2 aliphatic rings. The van der Waals surface area contributed by atoms with E-state index in [1.54, 1.807) is 4.90 Å². The van der Waals surface area contributed by atoms with E-state index < -0.39 is 28.9 Å². The average Bonchev–Trinajstić information content (AvgIpc) is 2.55. The standard InChI is InChI=1S/C17H22F2N2O3/c18-12-9-14(19)16(15(22)10-12)17(23)21-4-2-1-3-13(21)11-20-5-7-24-8-6-20/h9-10,13,22H,1-8,11H2/t13-/m0/s1. The molecule has 0 radical (unpaired) electrons. The summed E-state index contributed by atoms with van der Waals surface area (Å²) in [6, 6.07) is 1.37. The monoisotopic (exact) mass is 340 g/mol. The van der Waals surface area contributed by atoms with Crippen LogP contribution in [0.4, 0.5) is 8.78 Å². The zero-order valence-electron chi connectivity index (χ0n) is 13.5. The maximum absolute atomic E-state index is 14.0. The molecule has 7 heteroatoms. The Morgan fingerprint density at radius 1 is 1.21 bits per heavy atom. The fourth-order valence-corrected chi connectivity index (χ4v) is 3.45. The van der Waals surface area contributed by atoms with E-state index in [2.05, 4.69) is 4.90 Å². The summed E-state index contributed by atoms with van der Waals surface area (Å²) in [5, 5.41) is 9.83. The van der Waals surface area contributed by atoms with Gasteiger partial charge in [0.1, 0.15) is 22.9 Å². The Morgan fingerprint density at radius 3 is 2.67 bits per heavy atom. The van der Waals surface area contributed by atoms with Gasteiger partial charge in [-0.1, -0.05) is 0 Å². The van der Waals surface area contributed by atoms with Gasteiger partial charge in [-0.3, -0.25) is 9.69 Å². The number of hydrogen-bond donors (Lipinski definition) is 1. The Kier molecular flexibility index (Phi) is 5.30. The van der Waals surface area contributed by atoms with E-state index in [0.717, 1.165) is 38.4 Å². The van der Waals surface area contributed by atoms with Crippen LogP contribution in [0.2, 0.25) is 0 Å². The number of ether oxygens (including phenoxy) is 1. The second kappa shape index (κ2) is 7.44. The van der Waals surface area contributed by atoms with Crippen molar-refractivity contribution in [1.82, 2.24) is 9.80 Å². The highest BCUT2D eigenvalue weighted by molar-refractivity contribution is 5.97. The van der Waals surface area contributed by atoms with E-state index in [9.17, 15) is 18.7 Å². The van der Waals surface area contributed by atoms with Crippen LogP contribution < -0.4 is 0 Å². The van der Waals surface area contributed by atoms with Gasteiger partial charge in [0.15, 0.2) is 0 Å². The van der Waals surface area contributed by atoms with Gasteiger partial charge in [-0.2, -0.15) is 0 Å². The molecule has 3 rings (SSSR count). The Hall–Kier alpha value is -1.73. The molecule has 1 aromatic carbocycles. The lowest BCUT2D eigenvalue weighted by atomic mass is 9.99. The summed E-state index contributed by atoms with van der Waals surface area (Å²) in [5.74, 6) is -3.13. The van der Waals surface area contributed by atoms with Crippen molar-refractivity contribution < 1.29 is 23.4 Å². The molecule has 1 atom stereocenters. The first kappa shape index (κ1) is 17.1. The number of amides is 1. The zero-order valence-corrected chi connectivity index (χ0v) is 13.5. The van der Waals surface area contributed by atoms with Crippen LogP contribution in [0.15, 0.2) is 12.1 Å². The Balaban J connectivity index is 1.78. The van der Waals surface area contributed by atoms with E-state index in [1.807, 2.05) is 0 Å². The molecule has 0 spiro atoms. The van der Waals surface area contributed by atoms with Gasteiger partial charge in [0.25, 0.3) is 5.91 Å². The topological polar surface area (TPSA) is 53.0 Å². The second-order valence-corrected chi connectivity index (χ2v) is 6.34. The van der Waals surface area contributed by atoms with Crippen molar-refractivity contribution in [3.63, 3.8) is 0 Å². The third-order valence-electron chi connectivity index (χ3n) is 4.71. The summed E-state index contributed by atoms with van der Waals surface area (Å²) >= 11 is 0. The molecule has 2 saturated heterocycles. The normalized spacial score (nSPS) is 22.6. The lowest BCUT2D eigenvalue weighted by Crippen LogP contribution is -2.51. The number of rotatable bonds is 3. The molecule has 132 valence electrons. The van der Waals surface area contributed by atoms with E-state index in [0.29, 0.717) is 32.4 Å². The third kappa shape index (κ3) is 3.67. The molecule has 24 heavy (non-hydrogen) atoms. The predicted molar refractivity (Wildman–Crippen MR) is 84.0 cm³/mol. The largest absolute Gasteiger partial charge is 0.507 e. The van der Waals surface area contributed by atoms with Crippen LogP contribution in [0.5, 0.6) is 5.75 Å². The van der Waals surface area contributed by atoms with Crippen LogP contribution in [0, 0.1) is 11.6 Å². The molecule has 0 aromatic heterocycles. The van der Waals surface area contributed by atoms with Gasteiger partial charge in [0, 0.05) is 44.4 Å². The fraction of sp³-hybridized carbons (Fsp3) is 0.588. The number of piperidine rings is 1. The van der Waals surface area contributed by atoms with Gasteiger partial charge in [-0.25, -0.2) is 8.78 Å². The van der Waals surface area contributed by atoms with E-state index in [1.165, 1.54) is 0 Å². The molecular weight excluding hydrogens is 318 g/mol. The van der Waals surface area contributed by atoms with Gasteiger partial charge >= 0.3 is 0 Å². The van der Waals surface area contributed by atoms with Crippen LogP contribution in [-0.2, 0) is 4.74 Å². The number of hydrogen-bond acceptors (Lipinski definition) is 4. The summed E-state index contributed by atoms with van der Waals surface area (Å²) < 4.78 is 32.5. The third-order valence-corrected chi connectivity index (χ3v) is 4.71. The average molecular weight is 340 g/mol. The first-order chi connectivity index (χ1) is 11.6. The number of likely N-dealkylation sites (tertiary alicyclic amines) is 1. The highest BCUT2D eigenvalue weighted by Crippen LogP contribution is 2.27. The number of halogens is 2. The zero-order chi connectivity index (χ0) is 17.1. The lowest BCUT2D eigenvalue weighted by Gasteiger charge is -2.39. The number of phenolic OH excluding ortho intramolecular Hbond substituents is 1. The maximum Gasteiger partial charge on any atom is 0.260 e. The van der Waals surface area contributed by atoms with E-state index in [4.69, 9.17) is 4.74 Å². The number of benzene rings is 1. The number of nitrogens with zero attached hydrogens (tertiary/aromatic N) is 2. The summed E-state index contributed by atoms with van der Waals surface area (Å²) in [6.07, 6.45) is 2.69. The van der Waals surface area contributed by atoms with Crippen molar-refractivity contribution in [2.24, 2.45) is 0 Å². The number of carbonyl (C=O) groups is 1. The van der Waals surface area contributed by atoms with Crippen LogP contribution in [0.1, 0.15) is 29.6 Å². The van der Waals surface area contributed by atoms with Gasteiger partial charge in [0.2, 0.25) is 0 Å². The predicted octanol–water partition coefficient (Wildman–Crippen LogP) is 2.00. The van der Waals surface area contributed by atoms with Crippen molar-refractivity contribution >= 4 is 5.91 Å². The molecule has 1 N–H and O–H groups in total. The van der Waals surface area contributed by atoms with E-state index >= 15 is 0 Å². The van der Waals surface area contributed by atoms with Crippen LogP contribution in [0.3, 0.4) is 0 Å². The minimum atomic E-state index is -1.02. The highest BCUT2D eigenvalue weighted by Gasteiger charge is 2.32. The van der Waals surface area contributed by atoms with E-state index in [-0.39, 0.29) is 6.04 Å². The molecule has 0 bridgehead atoms. The molecule has 1 aromatic rings. The van der Waals surface area contributed by atoms with Crippen molar-refractivity contribution in [2.75, 3.05) is 39.4 Å². The summed E-state index contributed by atoms with van der Waals surface area (Å²) in [6.45, 7) is 4.20. The molecule has 0 unspecified atom stereocenters. The molecular formula is C17H22F2N2O3. The molecule has 0 aliphatic carbocycles. The second-order valence-electron chi connectivity index (χ2n) is 6.34. The first-order valence-electron chi connectivity index (χ1n) is 8.35. The summed E-state index contributed by atoms with van der Waals surface area (Å²) in [7, 11) is 0. The number of aromatic hydroxyl groups is 1. The minimum absolute atomic E-state index is 0.0341. The number of phenols is 1. The van der Waals surface area contributed by atoms with Gasteiger partial charge in [0.05, 0.1) is 13.2 Å².